The lowest BCUT2D eigenvalue weighted by Gasteiger charge is -2.14. The molecule has 0 spiro atoms. The van der Waals surface area contributed by atoms with Crippen molar-refractivity contribution in [1.29, 1.82) is 0 Å². The molecule has 0 heterocycles. The number of hydrogen-bond donors (Lipinski definition) is 1. The van der Waals surface area contributed by atoms with Gasteiger partial charge in [-0.1, -0.05) is 66.7 Å². The van der Waals surface area contributed by atoms with Crippen molar-refractivity contribution in [2.75, 3.05) is 6.54 Å². The highest BCUT2D eigenvalue weighted by Crippen LogP contribution is 2.25. The second-order valence-electron chi connectivity index (χ2n) is 6.33. The molecular weight excluding hydrogens is 336 g/mol. The molecule has 0 saturated heterocycles. The first-order valence-electron chi connectivity index (χ1n) is 8.94. The van der Waals surface area contributed by atoms with Gasteiger partial charge in [-0.2, -0.15) is 0 Å². The third kappa shape index (κ3) is 4.90. The van der Waals surface area contributed by atoms with E-state index in [9.17, 15) is 10.1 Å². The number of rotatable bonds is 7. The number of benzene rings is 3. The van der Waals surface area contributed by atoms with Crippen molar-refractivity contribution in [2.45, 2.75) is 13.0 Å². The smallest absolute Gasteiger partial charge is 0.269 e. The van der Waals surface area contributed by atoms with Crippen LogP contribution >= 0.6 is 0 Å². The van der Waals surface area contributed by atoms with Crippen molar-refractivity contribution < 1.29 is 4.92 Å². The second-order valence-corrected chi connectivity index (χ2v) is 6.33. The normalized spacial score (nSPS) is 12.6. The number of non-ortho nitro benzene ring substituents is 1. The molecule has 3 aromatic rings. The first kappa shape index (κ1) is 18.5. The van der Waals surface area contributed by atoms with Crippen LogP contribution in [0.4, 0.5) is 5.69 Å². The average molecular weight is 358 g/mol. The molecule has 4 heteroatoms. The van der Waals surface area contributed by atoms with E-state index in [4.69, 9.17) is 0 Å². The van der Waals surface area contributed by atoms with Crippen molar-refractivity contribution in [2.24, 2.45) is 0 Å². The van der Waals surface area contributed by atoms with E-state index < -0.39 is 0 Å². The Hall–Kier alpha value is -3.24. The van der Waals surface area contributed by atoms with E-state index in [1.54, 1.807) is 24.3 Å². The van der Waals surface area contributed by atoms with Crippen LogP contribution in [0.2, 0.25) is 0 Å². The van der Waals surface area contributed by atoms with Crippen LogP contribution in [-0.4, -0.2) is 11.5 Å². The molecule has 136 valence electrons. The zero-order valence-electron chi connectivity index (χ0n) is 15.2. The number of hydrogen-bond acceptors (Lipinski definition) is 3. The maximum atomic E-state index is 10.9. The van der Waals surface area contributed by atoms with Gasteiger partial charge in [0, 0.05) is 24.7 Å². The topological polar surface area (TPSA) is 55.2 Å². The summed E-state index contributed by atoms with van der Waals surface area (Å²) in [5, 5.41) is 14.4. The van der Waals surface area contributed by atoms with Crippen molar-refractivity contribution in [1.82, 2.24) is 5.32 Å². The summed E-state index contributed by atoms with van der Waals surface area (Å²) in [6.45, 7) is 2.83. The minimum absolute atomic E-state index is 0.0991. The Bertz CT molecular complexity index is 904. The van der Waals surface area contributed by atoms with Gasteiger partial charge in [-0.15, -0.1) is 0 Å². The molecule has 0 bridgehead atoms. The van der Waals surface area contributed by atoms with Gasteiger partial charge >= 0.3 is 0 Å². The van der Waals surface area contributed by atoms with Crippen molar-refractivity contribution in [3.05, 3.63) is 118 Å². The molecular formula is C23H22N2O2. The second kappa shape index (κ2) is 8.92. The fraction of sp³-hybridized carbons (Fsp3) is 0.130. The third-order valence-electron chi connectivity index (χ3n) is 4.50. The van der Waals surface area contributed by atoms with E-state index in [2.05, 4.69) is 30.4 Å². The third-order valence-corrected chi connectivity index (χ3v) is 4.50. The molecule has 4 nitrogen and oxygen atoms in total. The maximum absolute atomic E-state index is 10.9. The van der Waals surface area contributed by atoms with Crippen LogP contribution in [-0.2, 0) is 0 Å². The fourth-order valence-corrected chi connectivity index (χ4v) is 2.98. The predicted molar refractivity (Wildman–Crippen MR) is 109 cm³/mol. The Kier molecular flexibility index (Phi) is 6.13. The van der Waals surface area contributed by atoms with Gasteiger partial charge in [0.25, 0.3) is 5.69 Å². The van der Waals surface area contributed by atoms with Gasteiger partial charge in [-0.3, -0.25) is 10.1 Å². The van der Waals surface area contributed by atoms with Crippen LogP contribution in [0.1, 0.15) is 29.7 Å². The quantitative estimate of drug-likeness (QED) is 0.456. The average Bonchev–Trinajstić information content (AvgIpc) is 2.72. The molecule has 0 aliphatic carbocycles. The molecule has 0 amide bonds. The molecule has 3 aromatic carbocycles. The summed E-state index contributed by atoms with van der Waals surface area (Å²) in [6.07, 6.45) is 2.13. The number of nitro benzene ring substituents is 1. The lowest BCUT2D eigenvalue weighted by molar-refractivity contribution is -0.384. The van der Waals surface area contributed by atoms with Gasteiger partial charge in [0.2, 0.25) is 0 Å². The highest BCUT2D eigenvalue weighted by atomic mass is 16.6. The lowest BCUT2D eigenvalue weighted by Crippen LogP contribution is -2.18. The molecule has 1 atom stereocenters. The SMILES string of the molecule is CC(NC/C=C(/c1ccccc1)c1ccc([N+](=O)[O-])cc1)c1ccccc1. The number of nitro groups is 1. The van der Waals surface area contributed by atoms with Gasteiger partial charge in [-0.25, -0.2) is 0 Å². The standard InChI is InChI=1S/C23H22N2O2/c1-18(19-8-4-2-5-9-19)24-17-16-23(20-10-6-3-7-11-20)21-12-14-22(15-13-21)25(26)27/h2-16,18,24H,17H2,1H3/b23-16-. The summed E-state index contributed by atoms with van der Waals surface area (Å²) in [5.74, 6) is 0. The van der Waals surface area contributed by atoms with Crippen molar-refractivity contribution in [3.63, 3.8) is 0 Å². The Morgan fingerprint density at radius 3 is 2.07 bits per heavy atom. The largest absolute Gasteiger partial charge is 0.307 e. The van der Waals surface area contributed by atoms with E-state index in [1.165, 1.54) is 5.56 Å². The molecule has 3 rings (SSSR count). The highest BCUT2D eigenvalue weighted by Gasteiger charge is 2.09. The molecule has 1 unspecified atom stereocenters. The van der Waals surface area contributed by atoms with Crippen LogP contribution in [0.15, 0.2) is 91.0 Å². The fourth-order valence-electron chi connectivity index (χ4n) is 2.98. The predicted octanol–water partition coefficient (Wildman–Crippen LogP) is 5.38. The zero-order chi connectivity index (χ0) is 19.1. The van der Waals surface area contributed by atoms with E-state index in [-0.39, 0.29) is 16.7 Å². The van der Waals surface area contributed by atoms with Crippen molar-refractivity contribution in [3.8, 4) is 0 Å². The molecule has 0 aromatic heterocycles. The summed E-state index contributed by atoms with van der Waals surface area (Å²) in [5.41, 5.74) is 4.43. The molecule has 1 N–H and O–H groups in total. The molecule has 0 aliphatic heterocycles. The number of nitrogens with zero attached hydrogens (tertiary/aromatic N) is 1. The van der Waals surface area contributed by atoms with Crippen LogP contribution in [0.25, 0.3) is 5.57 Å². The van der Waals surface area contributed by atoms with E-state index in [0.29, 0.717) is 6.54 Å². The van der Waals surface area contributed by atoms with E-state index in [1.807, 2.05) is 48.5 Å². The monoisotopic (exact) mass is 358 g/mol. The summed E-state index contributed by atoms with van der Waals surface area (Å²) in [7, 11) is 0. The zero-order valence-corrected chi connectivity index (χ0v) is 15.2. The first-order chi connectivity index (χ1) is 13.1. The van der Waals surface area contributed by atoms with E-state index >= 15 is 0 Å². The minimum Gasteiger partial charge on any atom is -0.307 e. The van der Waals surface area contributed by atoms with Crippen LogP contribution in [0.5, 0.6) is 0 Å². The summed E-state index contributed by atoms with van der Waals surface area (Å²) in [4.78, 5) is 10.5. The first-order valence-corrected chi connectivity index (χ1v) is 8.94. The summed E-state index contributed by atoms with van der Waals surface area (Å²) < 4.78 is 0. The molecule has 0 aliphatic rings. The van der Waals surface area contributed by atoms with E-state index in [0.717, 1.165) is 16.7 Å². The Morgan fingerprint density at radius 2 is 1.48 bits per heavy atom. The molecule has 0 saturated carbocycles. The van der Waals surface area contributed by atoms with Crippen LogP contribution in [0.3, 0.4) is 0 Å². The van der Waals surface area contributed by atoms with Crippen LogP contribution < -0.4 is 5.32 Å². The summed E-state index contributed by atoms with van der Waals surface area (Å²) >= 11 is 0. The molecule has 27 heavy (non-hydrogen) atoms. The number of nitrogens with one attached hydrogen (secondary N) is 1. The Balaban J connectivity index is 1.82. The van der Waals surface area contributed by atoms with Gasteiger partial charge < -0.3 is 5.32 Å². The van der Waals surface area contributed by atoms with Gasteiger partial charge in [0.1, 0.15) is 0 Å². The maximum Gasteiger partial charge on any atom is 0.269 e. The minimum atomic E-state index is -0.376. The highest BCUT2D eigenvalue weighted by molar-refractivity contribution is 5.80. The van der Waals surface area contributed by atoms with Gasteiger partial charge in [0.15, 0.2) is 0 Å². The molecule has 0 fully saturated rings. The lowest BCUT2D eigenvalue weighted by atomic mass is 9.97. The Labute approximate surface area is 159 Å². The van der Waals surface area contributed by atoms with Crippen LogP contribution in [0, 0.1) is 10.1 Å². The Morgan fingerprint density at radius 1 is 0.926 bits per heavy atom. The van der Waals surface area contributed by atoms with Gasteiger partial charge in [0.05, 0.1) is 4.92 Å². The van der Waals surface area contributed by atoms with Crippen molar-refractivity contribution >= 4 is 11.3 Å². The molecule has 0 radical (unpaired) electrons. The van der Waals surface area contributed by atoms with Gasteiger partial charge in [-0.05, 0) is 41.3 Å². The summed E-state index contributed by atoms with van der Waals surface area (Å²) in [6, 6.07) is 27.3.